The number of rotatable bonds is 4. The van der Waals surface area contributed by atoms with Gasteiger partial charge >= 0.3 is 6.01 Å². The lowest BCUT2D eigenvalue weighted by atomic mass is 10.2. The fourth-order valence-corrected chi connectivity index (χ4v) is 2.53. The number of anilines is 1. The molecule has 6 nitrogen and oxygen atoms in total. The second kappa shape index (κ2) is 5.98. The van der Waals surface area contributed by atoms with Gasteiger partial charge in [0, 0.05) is 11.0 Å². The molecule has 0 aliphatic heterocycles. The number of carbonyl (C=O) groups excluding carboxylic acids is 1. The van der Waals surface area contributed by atoms with E-state index in [1.165, 1.54) is 6.08 Å². The van der Waals surface area contributed by atoms with Gasteiger partial charge in [-0.1, -0.05) is 11.2 Å². The summed E-state index contributed by atoms with van der Waals surface area (Å²) in [4.78, 5) is 12.8. The van der Waals surface area contributed by atoms with Crippen molar-refractivity contribution in [3.05, 3.63) is 46.1 Å². The molecule has 0 unspecified atom stereocenters. The minimum atomic E-state index is -0.330. The van der Waals surface area contributed by atoms with Gasteiger partial charge in [-0.3, -0.25) is 10.1 Å². The van der Waals surface area contributed by atoms with Gasteiger partial charge in [0.05, 0.1) is 5.56 Å². The van der Waals surface area contributed by atoms with E-state index in [2.05, 4.69) is 15.5 Å². The van der Waals surface area contributed by atoms with Crippen LogP contribution in [0.1, 0.15) is 16.4 Å². The van der Waals surface area contributed by atoms with E-state index < -0.39 is 0 Å². The van der Waals surface area contributed by atoms with Crippen LogP contribution in [-0.2, 0) is 4.79 Å². The number of aryl methyl sites for hydroxylation is 2. The number of nitrogens with one attached hydrogen (secondary N) is 1. The van der Waals surface area contributed by atoms with Crippen LogP contribution >= 0.6 is 11.3 Å². The molecule has 0 aromatic carbocycles. The first-order valence-electron chi connectivity index (χ1n) is 6.55. The summed E-state index contributed by atoms with van der Waals surface area (Å²) in [7, 11) is 0. The Kier molecular flexibility index (Phi) is 3.88. The standard InChI is InChI=1S/C15H13N3O3S/c1-9-8-12(10(2)20-9)14-17-18-15(21-14)16-13(19)6-5-11-4-3-7-22-11/h3-8H,1-2H3,(H,16,18,19). The van der Waals surface area contributed by atoms with Crippen molar-refractivity contribution in [1.29, 1.82) is 0 Å². The first-order chi connectivity index (χ1) is 10.6. The highest BCUT2D eigenvalue weighted by molar-refractivity contribution is 7.10. The van der Waals surface area contributed by atoms with Crippen molar-refractivity contribution in [2.45, 2.75) is 13.8 Å². The largest absolute Gasteiger partial charge is 0.466 e. The summed E-state index contributed by atoms with van der Waals surface area (Å²) in [6, 6.07) is 5.70. The topological polar surface area (TPSA) is 81.2 Å². The van der Waals surface area contributed by atoms with Crippen molar-refractivity contribution in [2.24, 2.45) is 0 Å². The summed E-state index contributed by atoms with van der Waals surface area (Å²) in [5, 5.41) is 12.2. The van der Waals surface area contributed by atoms with E-state index in [0.29, 0.717) is 11.7 Å². The number of thiophene rings is 1. The van der Waals surface area contributed by atoms with Crippen molar-refractivity contribution in [2.75, 3.05) is 5.32 Å². The number of hydrogen-bond acceptors (Lipinski definition) is 6. The molecule has 0 aliphatic rings. The van der Waals surface area contributed by atoms with Crippen LogP contribution in [0.2, 0.25) is 0 Å². The average molecular weight is 315 g/mol. The molecule has 1 N–H and O–H groups in total. The van der Waals surface area contributed by atoms with Crippen LogP contribution in [0.4, 0.5) is 6.01 Å². The van der Waals surface area contributed by atoms with Crippen molar-refractivity contribution in [3.63, 3.8) is 0 Å². The van der Waals surface area contributed by atoms with E-state index in [4.69, 9.17) is 8.83 Å². The SMILES string of the molecule is Cc1cc(-c2nnc(NC(=O)C=Cc3cccs3)o2)c(C)o1. The molecule has 0 fully saturated rings. The predicted molar refractivity (Wildman–Crippen MR) is 83.5 cm³/mol. The summed E-state index contributed by atoms with van der Waals surface area (Å²) in [5.41, 5.74) is 0.722. The lowest BCUT2D eigenvalue weighted by molar-refractivity contribution is -0.112. The lowest BCUT2D eigenvalue weighted by Crippen LogP contribution is -2.07. The Bertz CT molecular complexity index is 815. The number of carbonyl (C=O) groups is 1. The number of nitrogens with zero attached hydrogens (tertiary/aromatic N) is 2. The molecule has 3 aromatic heterocycles. The zero-order valence-electron chi connectivity index (χ0n) is 12.0. The normalized spacial score (nSPS) is 11.2. The third-order valence-corrected chi connectivity index (χ3v) is 3.71. The average Bonchev–Trinajstić information content (AvgIpc) is 3.18. The van der Waals surface area contributed by atoms with Gasteiger partial charge in [-0.25, -0.2) is 0 Å². The van der Waals surface area contributed by atoms with Gasteiger partial charge < -0.3 is 8.83 Å². The van der Waals surface area contributed by atoms with E-state index in [-0.39, 0.29) is 11.9 Å². The first-order valence-corrected chi connectivity index (χ1v) is 7.43. The molecule has 0 spiro atoms. The molecule has 3 rings (SSSR count). The molecule has 112 valence electrons. The van der Waals surface area contributed by atoms with Gasteiger partial charge in [0.2, 0.25) is 0 Å². The summed E-state index contributed by atoms with van der Waals surface area (Å²) >= 11 is 1.55. The third-order valence-electron chi connectivity index (χ3n) is 2.87. The Morgan fingerprint density at radius 1 is 1.32 bits per heavy atom. The minimum absolute atomic E-state index is 0.0501. The molecule has 0 saturated carbocycles. The van der Waals surface area contributed by atoms with Gasteiger partial charge in [-0.2, -0.15) is 0 Å². The van der Waals surface area contributed by atoms with E-state index in [1.807, 2.05) is 37.4 Å². The molecule has 0 bridgehead atoms. The fraction of sp³-hybridized carbons (Fsp3) is 0.133. The Hall–Kier alpha value is -2.67. The molecule has 0 atom stereocenters. The second-order valence-corrected chi connectivity index (χ2v) is 5.56. The summed E-state index contributed by atoms with van der Waals surface area (Å²) in [6.45, 7) is 3.65. The van der Waals surface area contributed by atoms with E-state index in [9.17, 15) is 4.79 Å². The Labute approximate surface area is 130 Å². The van der Waals surface area contributed by atoms with Crippen LogP contribution < -0.4 is 5.32 Å². The number of amides is 1. The van der Waals surface area contributed by atoms with Crippen LogP contribution in [-0.4, -0.2) is 16.1 Å². The van der Waals surface area contributed by atoms with Gasteiger partial charge in [0.1, 0.15) is 11.5 Å². The Morgan fingerprint density at radius 2 is 2.18 bits per heavy atom. The van der Waals surface area contributed by atoms with Crippen LogP contribution in [0.25, 0.3) is 17.5 Å². The monoisotopic (exact) mass is 315 g/mol. The van der Waals surface area contributed by atoms with E-state index >= 15 is 0 Å². The highest BCUT2D eigenvalue weighted by Crippen LogP contribution is 2.26. The van der Waals surface area contributed by atoms with Crippen molar-refractivity contribution < 1.29 is 13.6 Å². The second-order valence-electron chi connectivity index (χ2n) is 4.58. The molecular formula is C15H13N3O3S. The van der Waals surface area contributed by atoms with Crippen LogP contribution in [0.5, 0.6) is 0 Å². The number of furan rings is 1. The molecule has 0 radical (unpaired) electrons. The van der Waals surface area contributed by atoms with Crippen LogP contribution in [0.3, 0.4) is 0 Å². The molecule has 0 aliphatic carbocycles. The summed E-state index contributed by atoms with van der Waals surface area (Å²) in [6.07, 6.45) is 3.14. The molecule has 3 heterocycles. The highest BCUT2D eigenvalue weighted by Gasteiger charge is 2.15. The maximum atomic E-state index is 11.8. The molecule has 1 amide bonds. The zero-order chi connectivity index (χ0) is 15.5. The predicted octanol–water partition coefficient (Wildman–Crippen LogP) is 3.66. The summed E-state index contributed by atoms with van der Waals surface area (Å²) < 4.78 is 10.8. The van der Waals surface area contributed by atoms with Crippen molar-refractivity contribution in [3.8, 4) is 11.5 Å². The fourth-order valence-electron chi connectivity index (χ4n) is 1.92. The molecular weight excluding hydrogens is 302 g/mol. The zero-order valence-corrected chi connectivity index (χ0v) is 12.8. The lowest BCUT2D eigenvalue weighted by Gasteiger charge is -1.93. The molecule has 3 aromatic rings. The Morgan fingerprint density at radius 3 is 2.86 bits per heavy atom. The van der Waals surface area contributed by atoms with Crippen molar-refractivity contribution in [1.82, 2.24) is 10.2 Å². The maximum absolute atomic E-state index is 11.8. The molecule has 0 saturated heterocycles. The third kappa shape index (κ3) is 3.15. The van der Waals surface area contributed by atoms with Crippen LogP contribution in [0, 0.1) is 13.8 Å². The maximum Gasteiger partial charge on any atom is 0.322 e. The summed E-state index contributed by atoms with van der Waals surface area (Å²) in [5.74, 6) is 1.43. The smallest absolute Gasteiger partial charge is 0.322 e. The van der Waals surface area contributed by atoms with Gasteiger partial charge in [-0.05, 0) is 37.4 Å². The number of hydrogen-bond donors (Lipinski definition) is 1. The van der Waals surface area contributed by atoms with Gasteiger partial charge in [0.25, 0.3) is 11.8 Å². The molecule has 7 heteroatoms. The Balaban J connectivity index is 1.69. The van der Waals surface area contributed by atoms with Gasteiger partial charge in [0.15, 0.2) is 0 Å². The van der Waals surface area contributed by atoms with Crippen LogP contribution in [0.15, 0.2) is 38.5 Å². The minimum Gasteiger partial charge on any atom is -0.466 e. The molecule has 22 heavy (non-hydrogen) atoms. The highest BCUT2D eigenvalue weighted by atomic mass is 32.1. The first kappa shape index (κ1) is 14.3. The van der Waals surface area contributed by atoms with Crippen molar-refractivity contribution >= 4 is 29.3 Å². The quantitative estimate of drug-likeness (QED) is 0.743. The van der Waals surface area contributed by atoms with E-state index in [0.717, 1.165) is 16.2 Å². The number of aromatic nitrogens is 2. The van der Waals surface area contributed by atoms with E-state index in [1.54, 1.807) is 17.4 Å². The van der Waals surface area contributed by atoms with Gasteiger partial charge in [-0.15, -0.1) is 16.4 Å².